The lowest BCUT2D eigenvalue weighted by molar-refractivity contribution is -0.124. The summed E-state index contributed by atoms with van der Waals surface area (Å²) in [6.07, 6.45) is 6.12. The first kappa shape index (κ1) is 17.1. The van der Waals surface area contributed by atoms with Crippen LogP contribution in [-0.2, 0) is 9.53 Å². The third-order valence-corrected chi connectivity index (χ3v) is 5.97. The van der Waals surface area contributed by atoms with E-state index in [1.807, 2.05) is 17.5 Å². The van der Waals surface area contributed by atoms with E-state index >= 15 is 0 Å². The lowest BCUT2D eigenvalue weighted by atomic mass is 9.89. The van der Waals surface area contributed by atoms with Gasteiger partial charge < -0.3 is 10.1 Å². The summed E-state index contributed by atoms with van der Waals surface area (Å²) in [5.41, 5.74) is 0.253. The number of rotatable bonds is 6. The van der Waals surface area contributed by atoms with E-state index in [0.717, 1.165) is 9.88 Å². The summed E-state index contributed by atoms with van der Waals surface area (Å²) in [7, 11) is 0. The van der Waals surface area contributed by atoms with Crippen molar-refractivity contribution in [2.24, 2.45) is 5.92 Å². The Kier molecular flexibility index (Phi) is 5.98. The van der Waals surface area contributed by atoms with Crippen molar-refractivity contribution >= 4 is 34.6 Å². The van der Waals surface area contributed by atoms with E-state index in [1.54, 1.807) is 16.7 Å². The maximum absolute atomic E-state index is 12.0. The molecular formula is C17H20N2O3S2. The molecule has 7 heteroatoms. The average molecular weight is 364 g/mol. The second-order valence-corrected chi connectivity index (χ2v) is 7.71. The molecule has 2 heterocycles. The van der Waals surface area contributed by atoms with Crippen LogP contribution < -0.4 is 5.32 Å². The van der Waals surface area contributed by atoms with Gasteiger partial charge in [0.25, 0.3) is 5.91 Å². The van der Waals surface area contributed by atoms with Gasteiger partial charge in [-0.05, 0) is 30.2 Å². The number of hydrogen-bond donors (Lipinski definition) is 1. The number of carbonyl (C=O) groups excluding carboxylic acids is 2. The molecule has 0 spiro atoms. The number of thiophene rings is 1. The summed E-state index contributed by atoms with van der Waals surface area (Å²) < 4.78 is 5.06. The predicted molar refractivity (Wildman–Crippen MR) is 95.3 cm³/mol. The monoisotopic (exact) mass is 364 g/mol. The lowest BCUT2D eigenvalue weighted by Gasteiger charge is -2.21. The Morgan fingerprint density at radius 1 is 1.25 bits per heavy atom. The number of amides is 1. The number of hydrogen-bond acceptors (Lipinski definition) is 6. The highest BCUT2D eigenvalue weighted by atomic mass is 32.1. The maximum Gasteiger partial charge on any atom is 0.358 e. The van der Waals surface area contributed by atoms with Crippen molar-refractivity contribution in [2.75, 3.05) is 13.2 Å². The molecule has 128 valence electrons. The lowest BCUT2D eigenvalue weighted by Crippen LogP contribution is -2.33. The van der Waals surface area contributed by atoms with Crippen LogP contribution in [0.2, 0.25) is 0 Å². The number of carbonyl (C=O) groups is 2. The zero-order valence-corrected chi connectivity index (χ0v) is 15.0. The van der Waals surface area contributed by atoms with Crippen molar-refractivity contribution in [2.45, 2.75) is 32.1 Å². The summed E-state index contributed by atoms with van der Waals surface area (Å²) in [5, 5.41) is 7.27. The van der Waals surface area contributed by atoms with E-state index in [-0.39, 0.29) is 18.2 Å². The molecule has 0 aliphatic heterocycles. The Balaban J connectivity index is 1.42. The fraction of sp³-hybridized carbons (Fsp3) is 0.471. The van der Waals surface area contributed by atoms with E-state index in [9.17, 15) is 9.59 Å². The first-order chi connectivity index (χ1) is 11.7. The molecule has 2 aromatic rings. The smallest absolute Gasteiger partial charge is 0.358 e. The van der Waals surface area contributed by atoms with Crippen LogP contribution in [0.1, 0.15) is 42.6 Å². The fourth-order valence-electron chi connectivity index (χ4n) is 2.79. The SMILES string of the molecule is O=C(COC(=O)c1csc(-c2cccs2)n1)NCC1CCCCC1. The van der Waals surface area contributed by atoms with Gasteiger partial charge in [-0.2, -0.15) is 0 Å². The highest BCUT2D eigenvalue weighted by Gasteiger charge is 2.17. The molecule has 0 atom stereocenters. The van der Waals surface area contributed by atoms with Crippen molar-refractivity contribution in [1.82, 2.24) is 10.3 Å². The van der Waals surface area contributed by atoms with Crippen molar-refractivity contribution in [3.8, 4) is 9.88 Å². The van der Waals surface area contributed by atoms with Crippen LogP contribution in [0.25, 0.3) is 9.88 Å². The molecule has 0 saturated heterocycles. The minimum atomic E-state index is -0.554. The van der Waals surface area contributed by atoms with Crippen LogP contribution in [0.3, 0.4) is 0 Å². The maximum atomic E-state index is 12.0. The number of nitrogens with zero attached hydrogens (tertiary/aromatic N) is 1. The van der Waals surface area contributed by atoms with Gasteiger partial charge in [-0.25, -0.2) is 9.78 Å². The Morgan fingerprint density at radius 3 is 2.83 bits per heavy atom. The van der Waals surface area contributed by atoms with Gasteiger partial charge in [0.15, 0.2) is 12.3 Å². The van der Waals surface area contributed by atoms with E-state index in [2.05, 4.69) is 10.3 Å². The van der Waals surface area contributed by atoms with Crippen LogP contribution in [0.4, 0.5) is 0 Å². The first-order valence-corrected chi connectivity index (χ1v) is 9.91. The average Bonchev–Trinajstić information content (AvgIpc) is 3.29. The standard InChI is InChI=1S/C17H20N2O3S2/c20-15(18-9-12-5-2-1-3-6-12)10-22-17(21)13-11-24-16(19-13)14-7-4-8-23-14/h4,7-8,11-12H,1-3,5-6,9-10H2,(H,18,20). The minimum absolute atomic E-state index is 0.248. The van der Waals surface area contributed by atoms with Crippen molar-refractivity contribution < 1.29 is 14.3 Å². The molecule has 0 radical (unpaired) electrons. The number of thiazole rings is 1. The fourth-order valence-corrected chi connectivity index (χ4v) is 4.39. The predicted octanol–water partition coefficient (Wildman–Crippen LogP) is 3.72. The Bertz CT molecular complexity index is 676. The summed E-state index contributed by atoms with van der Waals surface area (Å²) >= 11 is 2.97. The molecule has 1 amide bonds. The molecule has 3 rings (SSSR count). The zero-order valence-electron chi connectivity index (χ0n) is 13.3. The van der Waals surface area contributed by atoms with Gasteiger partial charge >= 0.3 is 5.97 Å². The second kappa shape index (κ2) is 8.39. The summed E-state index contributed by atoms with van der Waals surface area (Å²) in [4.78, 5) is 29.1. The number of aromatic nitrogens is 1. The molecule has 24 heavy (non-hydrogen) atoms. The molecule has 1 N–H and O–H groups in total. The first-order valence-electron chi connectivity index (χ1n) is 8.15. The molecule has 1 saturated carbocycles. The van der Waals surface area contributed by atoms with Crippen LogP contribution in [0.15, 0.2) is 22.9 Å². The van der Waals surface area contributed by atoms with E-state index in [0.29, 0.717) is 12.5 Å². The molecule has 1 aliphatic carbocycles. The van der Waals surface area contributed by atoms with Gasteiger partial charge in [-0.1, -0.05) is 25.3 Å². The molecule has 5 nitrogen and oxygen atoms in total. The van der Waals surface area contributed by atoms with E-state index in [1.165, 1.54) is 43.4 Å². The van der Waals surface area contributed by atoms with Gasteiger partial charge in [0.2, 0.25) is 0 Å². The molecule has 0 aromatic carbocycles. The van der Waals surface area contributed by atoms with Gasteiger partial charge in [0.05, 0.1) is 4.88 Å². The molecule has 1 aliphatic rings. The molecule has 0 unspecified atom stereocenters. The van der Waals surface area contributed by atoms with Gasteiger partial charge in [-0.15, -0.1) is 22.7 Å². The third-order valence-electron chi connectivity index (χ3n) is 4.09. The van der Waals surface area contributed by atoms with Crippen molar-refractivity contribution in [3.63, 3.8) is 0 Å². The largest absolute Gasteiger partial charge is 0.451 e. The van der Waals surface area contributed by atoms with Gasteiger partial charge in [0, 0.05) is 11.9 Å². The van der Waals surface area contributed by atoms with Crippen LogP contribution >= 0.6 is 22.7 Å². The second-order valence-electron chi connectivity index (χ2n) is 5.90. The van der Waals surface area contributed by atoms with Crippen LogP contribution in [0, 0.1) is 5.92 Å². The van der Waals surface area contributed by atoms with Crippen molar-refractivity contribution in [1.29, 1.82) is 0 Å². The summed E-state index contributed by atoms with van der Waals surface area (Å²) in [5.74, 6) is -0.241. The molecular weight excluding hydrogens is 344 g/mol. The van der Waals surface area contributed by atoms with E-state index in [4.69, 9.17) is 4.74 Å². The van der Waals surface area contributed by atoms with Gasteiger partial charge in [0.1, 0.15) is 5.01 Å². The quantitative estimate of drug-likeness (QED) is 0.793. The normalized spacial score (nSPS) is 15.2. The Morgan fingerprint density at radius 2 is 2.08 bits per heavy atom. The highest BCUT2D eigenvalue weighted by Crippen LogP contribution is 2.28. The van der Waals surface area contributed by atoms with Crippen LogP contribution in [-0.4, -0.2) is 30.0 Å². The van der Waals surface area contributed by atoms with Gasteiger partial charge in [-0.3, -0.25) is 4.79 Å². The molecule has 2 aromatic heterocycles. The van der Waals surface area contributed by atoms with E-state index < -0.39 is 5.97 Å². The summed E-state index contributed by atoms with van der Waals surface area (Å²) in [6.45, 7) is 0.424. The Hall–Kier alpha value is -1.73. The highest BCUT2D eigenvalue weighted by molar-refractivity contribution is 7.20. The topological polar surface area (TPSA) is 68.3 Å². The zero-order chi connectivity index (χ0) is 16.8. The molecule has 0 bridgehead atoms. The van der Waals surface area contributed by atoms with Crippen LogP contribution in [0.5, 0.6) is 0 Å². The van der Waals surface area contributed by atoms with Crippen molar-refractivity contribution in [3.05, 3.63) is 28.6 Å². The number of ether oxygens (including phenoxy) is 1. The third kappa shape index (κ3) is 4.64. The minimum Gasteiger partial charge on any atom is -0.451 e. The number of nitrogens with one attached hydrogen (secondary N) is 1. The number of esters is 1. The Labute approximate surface area is 149 Å². The molecule has 1 fully saturated rings. The summed E-state index contributed by atoms with van der Waals surface area (Å²) in [6, 6.07) is 3.90.